The van der Waals surface area contributed by atoms with Crippen molar-refractivity contribution in [1.82, 2.24) is 4.90 Å². The molecule has 0 spiro atoms. The van der Waals surface area contributed by atoms with Crippen LogP contribution in [0.1, 0.15) is 22.3 Å². The maximum absolute atomic E-state index is 12.3. The number of benzene rings is 2. The number of carbonyl (C=O) groups excluding carboxylic acids is 3. The topological polar surface area (TPSA) is 87.7 Å². The van der Waals surface area contributed by atoms with Crippen LogP contribution in [0, 0.1) is 0 Å². The van der Waals surface area contributed by atoms with Crippen LogP contribution in [0.5, 0.6) is 5.75 Å². The van der Waals surface area contributed by atoms with E-state index >= 15 is 0 Å². The Bertz CT molecular complexity index is 875. The van der Waals surface area contributed by atoms with Gasteiger partial charge in [0, 0.05) is 26.1 Å². The van der Waals surface area contributed by atoms with E-state index < -0.39 is 0 Å². The van der Waals surface area contributed by atoms with Gasteiger partial charge in [-0.25, -0.2) is 0 Å². The van der Waals surface area contributed by atoms with E-state index in [0.29, 0.717) is 29.1 Å². The number of ether oxygens (including phenoxy) is 1. The van der Waals surface area contributed by atoms with Crippen molar-refractivity contribution in [2.75, 3.05) is 31.3 Å². The largest absolute Gasteiger partial charge is 0.479 e. The molecule has 0 saturated carbocycles. The number of fused-ring (bicyclic) bond motifs is 1. The zero-order chi connectivity index (χ0) is 19.4. The van der Waals surface area contributed by atoms with E-state index in [4.69, 9.17) is 4.74 Å². The zero-order valence-corrected chi connectivity index (χ0v) is 15.2. The molecule has 3 rings (SSSR count). The highest BCUT2D eigenvalue weighted by molar-refractivity contribution is 6.00. The monoisotopic (exact) mass is 367 g/mol. The summed E-state index contributed by atoms with van der Waals surface area (Å²) < 4.78 is 5.42. The van der Waals surface area contributed by atoms with Crippen LogP contribution in [0.25, 0.3) is 0 Å². The lowest BCUT2D eigenvalue weighted by molar-refractivity contribution is -0.118. The number of rotatable bonds is 5. The summed E-state index contributed by atoms with van der Waals surface area (Å²) in [6.45, 7) is -0.0715. The van der Waals surface area contributed by atoms with Gasteiger partial charge in [0.1, 0.15) is 0 Å². The highest BCUT2D eigenvalue weighted by Crippen LogP contribution is 2.35. The third-order valence-corrected chi connectivity index (χ3v) is 4.16. The van der Waals surface area contributed by atoms with E-state index in [1.54, 1.807) is 44.4 Å². The normalized spacial score (nSPS) is 12.4. The molecule has 0 aliphatic carbocycles. The van der Waals surface area contributed by atoms with Crippen LogP contribution >= 0.6 is 0 Å². The van der Waals surface area contributed by atoms with Crippen LogP contribution < -0.4 is 15.4 Å². The lowest BCUT2D eigenvalue weighted by atomic mass is 10.1. The molecular formula is C20H21N3O4. The van der Waals surface area contributed by atoms with Crippen molar-refractivity contribution >= 4 is 29.1 Å². The Morgan fingerprint density at radius 2 is 1.89 bits per heavy atom. The lowest BCUT2D eigenvalue weighted by Gasteiger charge is -2.20. The van der Waals surface area contributed by atoms with E-state index in [9.17, 15) is 14.4 Å². The minimum Gasteiger partial charge on any atom is -0.479 e. The summed E-state index contributed by atoms with van der Waals surface area (Å²) >= 11 is 0. The second-order valence-corrected chi connectivity index (χ2v) is 6.46. The fourth-order valence-electron chi connectivity index (χ4n) is 2.76. The van der Waals surface area contributed by atoms with Gasteiger partial charge in [0.25, 0.3) is 11.8 Å². The van der Waals surface area contributed by atoms with Gasteiger partial charge in [0.2, 0.25) is 5.91 Å². The van der Waals surface area contributed by atoms with Crippen LogP contribution in [0.15, 0.2) is 42.5 Å². The molecule has 0 bridgehead atoms. The summed E-state index contributed by atoms with van der Waals surface area (Å²) in [7, 11) is 3.41. The van der Waals surface area contributed by atoms with Gasteiger partial charge < -0.3 is 20.3 Å². The molecule has 2 N–H and O–H groups in total. The second-order valence-electron chi connectivity index (χ2n) is 6.46. The third-order valence-electron chi connectivity index (χ3n) is 4.16. The number of nitrogens with zero attached hydrogens (tertiary/aromatic N) is 1. The molecule has 0 unspecified atom stereocenters. The molecule has 1 aliphatic rings. The SMILES string of the molecule is CN(C)C(=O)c1ccc(CCC(=O)Nc2cccc3c2OCC(=O)N3)cc1. The summed E-state index contributed by atoms with van der Waals surface area (Å²) in [5.74, 6) is 0.0387. The number of para-hydroxylation sites is 1. The number of hydrogen-bond acceptors (Lipinski definition) is 4. The predicted molar refractivity (Wildman–Crippen MR) is 102 cm³/mol. The van der Waals surface area contributed by atoms with Crippen molar-refractivity contribution in [3.05, 3.63) is 53.6 Å². The molecule has 1 heterocycles. The summed E-state index contributed by atoms with van der Waals surface area (Å²) in [4.78, 5) is 37.1. The first-order chi connectivity index (χ1) is 12.9. The molecule has 140 valence electrons. The number of aryl methyl sites for hydroxylation is 1. The molecule has 2 aromatic carbocycles. The fraction of sp³-hybridized carbons (Fsp3) is 0.250. The van der Waals surface area contributed by atoms with Gasteiger partial charge in [-0.1, -0.05) is 18.2 Å². The van der Waals surface area contributed by atoms with Crippen molar-refractivity contribution in [2.24, 2.45) is 0 Å². The highest BCUT2D eigenvalue weighted by atomic mass is 16.5. The van der Waals surface area contributed by atoms with Gasteiger partial charge in [0.15, 0.2) is 12.4 Å². The molecule has 1 aliphatic heterocycles. The fourth-order valence-corrected chi connectivity index (χ4v) is 2.76. The summed E-state index contributed by atoms with van der Waals surface area (Å²) in [6, 6.07) is 12.4. The Kier molecular flexibility index (Phi) is 5.40. The minimum absolute atomic E-state index is 0.0553. The van der Waals surface area contributed by atoms with Gasteiger partial charge in [-0.05, 0) is 36.2 Å². The first-order valence-electron chi connectivity index (χ1n) is 8.60. The van der Waals surface area contributed by atoms with Crippen LogP contribution in [-0.2, 0) is 16.0 Å². The standard InChI is InChI=1S/C20H21N3O4/c1-23(2)20(26)14-9-6-13(7-10-14)8-11-17(24)21-15-4-3-5-16-19(15)27-12-18(25)22-16/h3-7,9-10H,8,11-12H2,1-2H3,(H,21,24)(H,22,25). The Balaban J connectivity index is 1.58. The first-order valence-corrected chi connectivity index (χ1v) is 8.60. The summed E-state index contributed by atoms with van der Waals surface area (Å²) in [6.07, 6.45) is 0.839. The minimum atomic E-state index is -0.220. The Morgan fingerprint density at radius 3 is 2.59 bits per heavy atom. The summed E-state index contributed by atoms with van der Waals surface area (Å²) in [5.41, 5.74) is 2.66. The quantitative estimate of drug-likeness (QED) is 0.849. The van der Waals surface area contributed by atoms with Crippen molar-refractivity contribution in [3.8, 4) is 5.75 Å². The van der Waals surface area contributed by atoms with Gasteiger partial charge >= 0.3 is 0 Å². The van der Waals surface area contributed by atoms with Gasteiger partial charge in [-0.2, -0.15) is 0 Å². The maximum Gasteiger partial charge on any atom is 0.262 e. The summed E-state index contributed by atoms with van der Waals surface area (Å²) in [5, 5.41) is 5.53. The Morgan fingerprint density at radius 1 is 1.15 bits per heavy atom. The number of carbonyl (C=O) groups is 3. The van der Waals surface area contributed by atoms with Crippen molar-refractivity contribution in [3.63, 3.8) is 0 Å². The number of hydrogen-bond donors (Lipinski definition) is 2. The molecular weight excluding hydrogens is 346 g/mol. The second kappa shape index (κ2) is 7.90. The van der Waals surface area contributed by atoms with Gasteiger partial charge in [-0.15, -0.1) is 0 Å². The number of anilines is 2. The van der Waals surface area contributed by atoms with E-state index in [1.165, 1.54) is 4.90 Å². The van der Waals surface area contributed by atoms with E-state index in [-0.39, 0.29) is 30.7 Å². The van der Waals surface area contributed by atoms with Crippen LogP contribution in [0.3, 0.4) is 0 Å². The predicted octanol–water partition coefficient (Wildman–Crippen LogP) is 2.29. The smallest absolute Gasteiger partial charge is 0.262 e. The van der Waals surface area contributed by atoms with Crippen molar-refractivity contribution < 1.29 is 19.1 Å². The Labute approximate surface area is 157 Å². The number of nitrogens with one attached hydrogen (secondary N) is 2. The van der Waals surface area contributed by atoms with Crippen LogP contribution in [0.2, 0.25) is 0 Å². The average molecular weight is 367 g/mol. The maximum atomic E-state index is 12.3. The third kappa shape index (κ3) is 4.44. The molecule has 7 nitrogen and oxygen atoms in total. The van der Waals surface area contributed by atoms with Gasteiger partial charge in [0.05, 0.1) is 11.4 Å². The first kappa shape index (κ1) is 18.4. The molecule has 0 radical (unpaired) electrons. The van der Waals surface area contributed by atoms with Gasteiger partial charge in [-0.3, -0.25) is 14.4 Å². The molecule has 0 fully saturated rings. The average Bonchev–Trinajstić information content (AvgIpc) is 2.66. The molecule has 0 aromatic heterocycles. The molecule has 27 heavy (non-hydrogen) atoms. The molecule has 7 heteroatoms. The zero-order valence-electron chi connectivity index (χ0n) is 15.2. The van der Waals surface area contributed by atoms with Crippen LogP contribution in [-0.4, -0.2) is 43.3 Å². The van der Waals surface area contributed by atoms with E-state index in [1.807, 2.05) is 12.1 Å². The number of amides is 3. The van der Waals surface area contributed by atoms with Crippen molar-refractivity contribution in [2.45, 2.75) is 12.8 Å². The van der Waals surface area contributed by atoms with Crippen LogP contribution in [0.4, 0.5) is 11.4 Å². The Hall–Kier alpha value is -3.35. The van der Waals surface area contributed by atoms with E-state index in [2.05, 4.69) is 10.6 Å². The van der Waals surface area contributed by atoms with Crippen molar-refractivity contribution in [1.29, 1.82) is 0 Å². The molecule has 0 saturated heterocycles. The highest BCUT2D eigenvalue weighted by Gasteiger charge is 2.19. The lowest BCUT2D eigenvalue weighted by Crippen LogP contribution is -2.26. The molecule has 0 atom stereocenters. The van der Waals surface area contributed by atoms with E-state index in [0.717, 1.165) is 5.56 Å². The molecule has 3 amide bonds. The molecule has 2 aromatic rings.